The number of amides is 1. The first-order valence-electron chi connectivity index (χ1n) is 12.0. The number of likely N-dealkylation sites (tertiary alicyclic amines) is 1. The maximum absolute atomic E-state index is 12.8. The smallest absolute Gasteiger partial charge is 0.237 e. The number of fused-ring (bicyclic) bond motifs is 2. The summed E-state index contributed by atoms with van der Waals surface area (Å²) in [6.07, 6.45) is 8.58. The lowest BCUT2D eigenvalue weighted by atomic mass is 10.0. The van der Waals surface area contributed by atoms with Crippen LogP contribution in [-0.4, -0.2) is 63.4 Å². The molecule has 0 unspecified atom stereocenters. The van der Waals surface area contributed by atoms with Crippen LogP contribution in [0.5, 0.6) is 0 Å². The molecule has 8 heteroatoms. The Hall–Kier alpha value is -3.23. The summed E-state index contributed by atoms with van der Waals surface area (Å²) in [7, 11) is 0. The lowest BCUT2D eigenvalue weighted by Crippen LogP contribution is -2.43. The van der Waals surface area contributed by atoms with Crippen molar-refractivity contribution in [2.24, 2.45) is 0 Å². The van der Waals surface area contributed by atoms with Gasteiger partial charge in [0.2, 0.25) is 5.91 Å². The second-order valence-electron chi connectivity index (χ2n) is 9.12. The molecule has 0 aliphatic carbocycles. The maximum atomic E-state index is 12.8. The molecule has 7 nitrogen and oxygen atoms in total. The number of rotatable bonds is 5. The van der Waals surface area contributed by atoms with Gasteiger partial charge in [-0.15, -0.1) is 11.3 Å². The Balaban J connectivity index is 1.17. The SMILES string of the molecule is O=C(CN1CCCCC1)N1CC=C(c2cc3c(Nc4ccc5ncsc5c4)ccnc3[nH]2)CC1. The predicted molar refractivity (Wildman–Crippen MR) is 138 cm³/mol. The van der Waals surface area contributed by atoms with Gasteiger partial charge in [0.15, 0.2) is 0 Å². The molecule has 1 saturated heterocycles. The van der Waals surface area contributed by atoms with Gasteiger partial charge in [-0.05, 0) is 68.3 Å². The number of H-pyrrole nitrogens is 1. The van der Waals surface area contributed by atoms with Gasteiger partial charge in [-0.3, -0.25) is 9.69 Å². The van der Waals surface area contributed by atoms with Crippen LogP contribution < -0.4 is 5.32 Å². The average Bonchev–Trinajstić information content (AvgIpc) is 3.52. The Kier molecular flexibility index (Phi) is 5.76. The third kappa shape index (κ3) is 4.31. The number of carbonyl (C=O) groups excluding carboxylic acids is 1. The van der Waals surface area contributed by atoms with Crippen LogP contribution in [0.25, 0.3) is 26.8 Å². The minimum absolute atomic E-state index is 0.250. The monoisotopic (exact) mass is 472 g/mol. The van der Waals surface area contributed by atoms with Gasteiger partial charge in [0, 0.05) is 36.1 Å². The lowest BCUT2D eigenvalue weighted by Gasteiger charge is -2.31. The topological polar surface area (TPSA) is 77.2 Å². The first kappa shape index (κ1) is 21.3. The second kappa shape index (κ2) is 9.19. The molecule has 4 aromatic rings. The molecule has 0 bridgehead atoms. The highest BCUT2D eigenvalue weighted by Crippen LogP contribution is 2.31. The molecule has 1 aromatic carbocycles. The molecule has 0 atom stereocenters. The Bertz CT molecular complexity index is 1370. The summed E-state index contributed by atoms with van der Waals surface area (Å²) in [6, 6.07) is 10.4. The average molecular weight is 473 g/mol. The summed E-state index contributed by atoms with van der Waals surface area (Å²) in [6.45, 7) is 4.10. The fourth-order valence-corrected chi connectivity index (χ4v) is 5.66. The summed E-state index contributed by atoms with van der Waals surface area (Å²) in [5.41, 5.74) is 8.14. The van der Waals surface area contributed by atoms with E-state index in [0.717, 1.165) is 64.4 Å². The number of aromatic nitrogens is 3. The second-order valence-corrected chi connectivity index (χ2v) is 10.0. The largest absolute Gasteiger partial charge is 0.355 e. The number of thiazole rings is 1. The van der Waals surface area contributed by atoms with Crippen molar-refractivity contribution in [3.63, 3.8) is 0 Å². The highest BCUT2D eigenvalue weighted by Gasteiger charge is 2.22. The zero-order chi connectivity index (χ0) is 22.9. The molecule has 174 valence electrons. The van der Waals surface area contributed by atoms with E-state index in [2.05, 4.69) is 49.4 Å². The van der Waals surface area contributed by atoms with E-state index >= 15 is 0 Å². The van der Waals surface area contributed by atoms with E-state index in [0.29, 0.717) is 13.1 Å². The number of anilines is 2. The molecule has 1 fully saturated rings. The van der Waals surface area contributed by atoms with Crippen molar-refractivity contribution >= 4 is 55.4 Å². The fraction of sp³-hybridized carbons (Fsp3) is 0.346. The van der Waals surface area contributed by atoms with Gasteiger partial charge in [0.25, 0.3) is 0 Å². The molecule has 6 rings (SSSR count). The predicted octanol–water partition coefficient (Wildman–Crippen LogP) is 5.02. The van der Waals surface area contributed by atoms with Gasteiger partial charge < -0.3 is 15.2 Å². The van der Waals surface area contributed by atoms with Crippen LogP contribution >= 0.6 is 11.3 Å². The number of nitrogens with zero attached hydrogens (tertiary/aromatic N) is 4. The minimum atomic E-state index is 0.250. The van der Waals surface area contributed by atoms with Crippen LogP contribution in [0, 0.1) is 0 Å². The first-order chi connectivity index (χ1) is 16.7. The highest BCUT2D eigenvalue weighted by atomic mass is 32.1. The standard InChI is InChI=1S/C26H28N6OS/c33-25(16-31-10-2-1-3-11-31)32-12-7-18(8-13-32)23-15-20-21(6-9-27-26(20)30-23)29-19-4-5-22-24(14-19)34-17-28-22/h4-7,9,14-15,17H,1-3,8,10-13,16H2,(H2,27,29,30). The molecule has 0 saturated carbocycles. The van der Waals surface area contributed by atoms with E-state index in [9.17, 15) is 4.79 Å². The lowest BCUT2D eigenvalue weighted by molar-refractivity contribution is -0.132. The molecule has 1 amide bonds. The molecule has 34 heavy (non-hydrogen) atoms. The normalized spacial score (nSPS) is 17.3. The minimum Gasteiger partial charge on any atom is -0.355 e. The van der Waals surface area contributed by atoms with Crippen molar-refractivity contribution in [2.45, 2.75) is 25.7 Å². The molecule has 5 heterocycles. The Labute approximate surface area is 202 Å². The molecular formula is C26H28N6OS. The first-order valence-corrected chi connectivity index (χ1v) is 12.9. The molecule has 2 N–H and O–H groups in total. The van der Waals surface area contributed by atoms with Crippen LogP contribution in [-0.2, 0) is 4.79 Å². The van der Waals surface area contributed by atoms with Crippen LogP contribution in [0.15, 0.2) is 48.1 Å². The number of piperidine rings is 1. The van der Waals surface area contributed by atoms with Gasteiger partial charge in [-0.1, -0.05) is 12.5 Å². The number of carbonyl (C=O) groups is 1. The number of hydrogen-bond acceptors (Lipinski definition) is 6. The van der Waals surface area contributed by atoms with E-state index in [-0.39, 0.29) is 5.91 Å². The summed E-state index contributed by atoms with van der Waals surface area (Å²) in [4.78, 5) is 29.4. The zero-order valence-corrected chi connectivity index (χ0v) is 19.9. The van der Waals surface area contributed by atoms with Crippen molar-refractivity contribution in [1.82, 2.24) is 24.8 Å². The van der Waals surface area contributed by atoms with Crippen LogP contribution in [0.2, 0.25) is 0 Å². The van der Waals surface area contributed by atoms with Crippen molar-refractivity contribution in [3.05, 3.63) is 53.8 Å². The van der Waals surface area contributed by atoms with Crippen LogP contribution in [0.1, 0.15) is 31.4 Å². The highest BCUT2D eigenvalue weighted by molar-refractivity contribution is 7.16. The number of pyridine rings is 1. The zero-order valence-electron chi connectivity index (χ0n) is 19.1. The molecule has 0 spiro atoms. The van der Waals surface area contributed by atoms with Crippen molar-refractivity contribution < 1.29 is 4.79 Å². The van der Waals surface area contributed by atoms with E-state index in [1.54, 1.807) is 11.3 Å². The number of benzene rings is 1. The van der Waals surface area contributed by atoms with E-state index in [1.165, 1.54) is 24.8 Å². The summed E-state index contributed by atoms with van der Waals surface area (Å²) in [5, 5.41) is 4.61. The maximum Gasteiger partial charge on any atom is 0.237 e. The Morgan fingerprint density at radius 1 is 1.09 bits per heavy atom. The van der Waals surface area contributed by atoms with Gasteiger partial charge >= 0.3 is 0 Å². The third-order valence-corrected chi connectivity index (χ3v) is 7.65. The fourth-order valence-electron chi connectivity index (χ4n) is 4.95. The molecule has 0 radical (unpaired) electrons. The van der Waals surface area contributed by atoms with E-state index < -0.39 is 0 Å². The third-order valence-electron chi connectivity index (χ3n) is 6.86. The number of hydrogen-bond donors (Lipinski definition) is 2. The number of aromatic amines is 1. The van der Waals surface area contributed by atoms with Gasteiger partial charge in [-0.25, -0.2) is 9.97 Å². The van der Waals surface area contributed by atoms with E-state index in [1.807, 2.05) is 28.7 Å². The summed E-state index contributed by atoms with van der Waals surface area (Å²) in [5.74, 6) is 0.250. The summed E-state index contributed by atoms with van der Waals surface area (Å²) >= 11 is 1.64. The molecule has 3 aromatic heterocycles. The van der Waals surface area contributed by atoms with Crippen LogP contribution in [0.4, 0.5) is 11.4 Å². The summed E-state index contributed by atoms with van der Waals surface area (Å²) < 4.78 is 1.16. The van der Waals surface area contributed by atoms with Gasteiger partial charge in [0.05, 0.1) is 28.0 Å². The van der Waals surface area contributed by atoms with E-state index in [4.69, 9.17) is 0 Å². The van der Waals surface area contributed by atoms with Crippen molar-refractivity contribution in [2.75, 3.05) is 38.0 Å². The Morgan fingerprint density at radius 2 is 2.00 bits per heavy atom. The quantitative estimate of drug-likeness (QED) is 0.427. The number of nitrogens with one attached hydrogen (secondary N) is 2. The van der Waals surface area contributed by atoms with Gasteiger partial charge in [-0.2, -0.15) is 0 Å². The molecular weight excluding hydrogens is 444 g/mol. The molecule has 2 aliphatic heterocycles. The van der Waals surface area contributed by atoms with Gasteiger partial charge in [0.1, 0.15) is 5.65 Å². The molecule has 2 aliphatic rings. The van der Waals surface area contributed by atoms with Crippen molar-refractivity contribution in [3.8, 4) is 0 Å². The van der Waals surface area contributed by atoms with Crippen molar-refractivity contribution in [1.29, 1.82) is 0 Å². The Morgan fingerprint density at radius 3 is 2.85 bits per heavy atom. The van der Waals surface area contributed by atoms with Crippen LogP contribution in [0.3, 0.4) is 0 Å².